The number of hydrogen-bond donors (Lipinski definition) is 0. The van der Waals surface area contributed by atoms with Crippen molar-refractivity contribution >= 4 is 34.4 Å². The van der Waals surface area contributed by atoms with Gasteiger partial charge >= 0.3 is 0 Å². The van der Waals surface area contributed by atoms with Gasteiger partial charge in [0.15, 0.2) is 5.78 Å². The molecule has 1 unspecified atom stereocenters. The average Bonchev–Trinajstić information content (AvgIpc) is 3.63. The molecule has 6 rings (SSSR count). The van der Waals surface area contributed by atoms with Crippen LogP contribution in [0.5, 0.6) is 0 Å². The lowest BCUT2D eigenvalue weighted by Crippen LogP contribution is -2.25. The van der Waals surface area contributed by atoms with Gasteiger partial charge in [-0.3, -0.25) is 14.6 Å². The first kappa shape index (κ1) is 24.2. The molecule has 3 aromatic heterocycles. The number of benzene rings is 2. The third-order valence-corrected chi connectivity index (χ3v) is 8.23. The van der Waals surface area contributed by atoms with Crippen LogP contribution >= 0.6 is 11.8 Å². The predicted octanol–water partition coefficient (Wildman–Crippen LogP) is 5.76. The maximum atomic E-state index is 14.0. The van der Waals surface area contributed by atoms with Crippen molar-refractivity contribution in [2.75, 3.05) is 14.1 Å². The molecule has 8 heteroatoms. The number of fused-ring (bicyclic) bond motifs is 2. The fourth-order valence-corrected chi connectivity index (χ4v) is 6.24. The van der Waals surface area contributed by atoms with Crippen molar-refractivity contribution in [1.82, 2.24) is 19.0 Å². The number of carbonyl (C=O) groups is 2. The molecular formula is C30H25FN4O2S. The molecule has 2 aromatic carbocycles. The number of likely N-dealkylation sites (N-methyl/N-ethyl adjacent to an activating group) is 1. The summed E-state index contributed by atoms with van der Waals surface area (Å²) in [5.41, 5.74) is 5.83. The van der Waals surface area contributed by atoms with Crippen LogP contribution in [0.4, 0.5) is 4.39 Å². The zero-order chi connectivity index (χ0) is 26.4. The van der Waals surface area contributed by atoms with Gasteiger partial charge in [0.05, 0.1) is 0 Å². The highest BCUT2D eigenvalue weighted by molar-refractivity contribution is 7.99. The largest absolute Gasteiger partial charge is 0.347 e. The summed E-state index contributed by atoms with van der Waals surface area (Å²) < 4.78 is 17.5. The van der Waals surface area contributed by atoms with Crippen molar-refractivity contribution in [2.24, 2.45) is 0 Å². The molecule has 0 fully saturated rings. The van der Waals surface area contributed by atoms with E-state index in [1.807, 2.05) is 47.3 Å². The summed E-state index contributed by atoms with van der Waals surface area (Å²) in [4.78, 5) is 32.4. The molecule has 1 atom stereocenters. The van der Waals surface area contributed by atoms with Crippen LogP contribution in [0.3, 0.4) is 0 Å². The number of pyridine rings is 1. The van der Waals surface area contributed by atoms with Crippen LogP contribution < -0.4 is 0 Å². The number of aromatic nitrogens is 3. The van der Waals surface area contributed by atoms with Crippen molar-refractivity contribution < 1.29 is 14.0 Å². The van der Waals surface area contributed by atoms with Crippen molar-refractivity contribution in [3.8, 4) is 11.1 Å². The maximum Gasteiger partial charge on any atom is 0.241 e. The Morgan fingerprint density at radius 1 is 1.05 bits per heavy atom. The zero-order valence-electron chi connectivity index (χ0n) is 21.0. The van der Waals surface area contributed by atoms with Crippen LogP contribution in [-0.4, -0.2) is 44.8 Å². The normalized spacial score (nSPS) is 14.6. The second-order valence-electron chi connectivity index (χ2n) is 9.56. The number of thioether (sulfide) groups is 1. The molecule has 1 aliphatic rings. The van der Waals surface area contributed by atoms with Gasteiger partial charge in [0.2, 0.25) is 5.91 Å². The zero-order valence-corrected chi connectivity index (χ0v) is 21.8. The molecule has 0 N–H and O–H groups in total. The van der Waals surface area contributed by atoms with Gasteiger partial charge in [-0.15, -0.1) is 11.8 Å². The summed E-state index contributed by atoms with van der Waals surface area (Å²) in [5.74, 6) is 0.280. The van der Waals surface area contributed by atoms with E-state index < -0.39 is 0 Å². The molecule has 1 aliphatic heterocycles. The van der Waals surface area contributed by atoms with Gasteiger partial charge in [0, 0.05) is 77.9 Å². The van der Waals surface area contributed by atoms with Crippen LogP contribution in [0.15, 0.2) is 85.5 Å². The van der Waals surface area contributed by atoms with Gasteiger partial charge < -0.3 is 14.0 Å². The molecule has 0 saturated carbocycles. The second kappa shape index (κ2) is 9.61. The molecular weight excluding hydrogens is 499 g/mol. The van der Waals surface area contributed by atoms with Gasteiger partial charge in [-0.2, -0.15) is 0 Å². The van der Waals surface area contributed by atoms with Gasteiger partial charge in [-0.05, 0) is 41.5 Å². The molecule has 0 radical (unpaired) electrons. The van der Waals surface area contributed by atoms with Gasteiger partial charge in [0.1, 0.15) is 17.7 Å². The lowest BCUT2D eigenvalue weighted by Gasteiger charge is -2.12. The summed E-state index contributed by atoms with van der Waals surface area (Å²) in [6.07, 6.45) is 7.38. The third-order valence-electron chi connectivity index (χ3n) is 6.98. The summed E-state index contributed by atoms with van der Waals surface area (Å²) in [6, 6.07) is 18.0. The Hall–Kier alpha value is -4.17. The third kappa shape index (κ3) is 4.20. The highest BCUT2D eigenvalue weighted by Crippen LogP contribution is 2.42. The molecule has 0 aliphatic carbocycles. The molecule has 5 aromatic rings. The number of nitrogens with zero attached hydrogens (tertiary/aromatic N) is 4. The lowest BCUT2D eigenvalue weighted by atomic mass is 10.00. The molecule has 0 saturated heterocycles. The first-order chi connectivity index (χ1) is 18.4. The minimum atomic E-state index is -0.299. The van der Waals surface area contributed by atoms with Crippen LogP contribution in [0.25, 0.3) is 22.0 Å². The Morgan fingerprint density at radius 3 is 2.58 bits per heavy atom. The lowest BCUT2D eigenvalue weighted by molar-refractivity contribution is -0.129. The van der Waals surface area contributed by atoms with E-state index in [9.17, 15) is 14.0 Å². The fraction of sp³-hybridized carbons (Fsp3) is 0.167. The maximum absolute atomic E-state index is 14.0. The molecule has 190 valence electrons. The summed E-state index contributed by atoms with van der Waals surface area (Å²) >= 11 is 1.77. The fourth-order valence-electron chi connectivity index (χ4n) is 4.93. The number of carbonyl (C=O) groups excluding carboxylic acids is 2. The second-order valence-corrected chi connectivity index (χ2v) is 10.6. The van der Waals surface area contributed by atoms with E-state index in [4.69, 9.17) is 0 Å². The smallest absolute Gasteiger partial charge is 0.241 e. The molecule has 38 heavy (non-hydrogen) atoms. The number of halogens is 1. The van der Waals surface area contributed by atoms with Crippen molar-refractivity contribution in [2.45, 2.75) is 17.7 Å². The van der Waals surface area contributed by atoms with Crippen LogP contribution in [0.2, 0.25) is 0 Å². The van der Waals surface area contributed by atoms with Crippen LogP contribution in [-0.2, 0) is 17.1 Å². The van der Waals surface area contributed by atoms with Gasteiger partial charge in [-0.25, -0.2) is 4.39 Å². The van der Waals surface area contributed by atoms with Crippen molar-refractivity contribution in [3.05, 3.63) is 114 Å². The first-order valence-corrected chi connectivity index (χ1v) is 13.3. The van der Waals surface area contributed by atoms with Gasteiger partial charge in [-0.1, -0.05) is 30.3 Å². The topological polar surface area (TPSA) is 60.1 Å². The minimum absolute atomic E-state index is 0.0678. The van der Waals surface area contributed by atoms with E-state index in [1.165, 1.54) is 17.0 Å². The van der Waals surface area contributed by atoms with Crippen molar-refractivity contribution in [3.63, 3.8) is 0 Å². The number of rotatable bonds is 6. The Labute approximate surface area is 223 Å². The van der Waals surface area contributed by atoms with E-state index in [0.717, 1.165) is 39.0 Å². The Balaban J connectivity index is 1.42. The number of amides is 1. The van der Waals surface area contributed by atoms with E-state index >= 15 is 0 Å². The number of hydrogen-bond acceptors (Lipinski definition) is 4. The van der Waals surface area contributed by atoms with Crippen molar-refractivity contribution in [1.29, 1.82) is 0 Å². The SMILES string of the molecule is CN(C)C(=O)Cn1cc(C(=O)c2ccn3c2CSC3c2cccnc2)c2ccc(-c3ccc(F)cc3)cc21. The van der Waals surface area contributed by atoms with E-state index in [1.54, 1.807) is 50.4 Å². The number of ketones is 1. The summed E-state index contributed by atoms with van der Waals surface area (Å²) in [6.45, 7) is 0.108. The minimum Gasteiger partial charge on any atom is -0.347 e. The molecule has 6 nitrogen and oxygen atoms in total. The molecule has 1 amide bonds. The Kier molecular flexibility index (Phi) is 6.12. The quantitative estimate of drug-likeness (QED) is 0.265. The standard InChI is InChI=1S/C30H25FN4O2S/c1-33(2)28(36)17-34-16-25(23-10-7-20(14-26(23)34)19-5-8-22(31)9-6-19)29(37)24-11-13-35-27(24)18-38-30(35)21-4-3-12-32-15-21/h3-16,30H,17-18H2,1-2H3. The van der Waals surface area contributed by atoms with Gasteiger partial charge in [0.25, 0.3) is 0 Å². The molecule has 0 bridgehead atoms. The Bertz CT molecular complexity index is 1670. The van der Waals surface area contributed by atoms with Crippen LogP contribution in [0.1, 0.15) is 32.6 Å². The summed E-state index contributed by atoms with van der Waals surface area (Å²) in [5, 5.41) is 0.861. The predicted molar refractivity (Wildman–Crippen MR) is 148 cm³/mol. The molecule has 4 heterocycles. The Morgan fingerprint density at radius 2 is 1.84 bits per heavy atom. The monoisotopic (exact) mass is 524 g/mol. The average molecular weight is 525 g/mol. The van der Waals surface area contributed by atoms with E-state index in [-0.39, 0.29) is 29.4 Å². The highest BCUT2D eigenvalue weighted by atomic mass is 32.2. The summed E-state index contributed by atoms with van der Waals surface area (Å²) in [7, 11) is 3.43. The molecule has 0 spiro atoms. The van der Waals surface area contributed by atoms with E-state index in [0.29, 0.717) is 11.1 Å². The highest BCUT2D eigenvalue weighted by Gasteiger charge is 2.30. The first-order valence-electron chi connectivity index (χ1n) is 12.3. The van der Waals surface area contributed by atoms with E-state index in [2.05, 4.69) is 15.6 Å². The van der Waals surface area contributed by atoms with Crippen LogP contribution in [0, 0.1) is 5.82 Å².